The van der Waals surface area contributed by atoms with Gasteiger partial charge in [-0.15, -0.1) is 0 Å². The Kier molecular flexibility index (Phi) is 5.60. The molecule has 2 N–H and O–H groups in total. The van der Waals surface area contributed by atoms with Crippen LogP contribution >= 0.6 is 0 Å². The maximum absolute atomic E-state index is 12.5. The Morgan fingerprint density at radius 3 is 2.45 bits per heavy atom. The topological polar surface area (TPSA) is 78.5 Å². The fourth-order valence-corrected chi connectivity index (χ4v) is 3.94. The molecule has 1 fully saturated rings. The molecule has 0 radical (unpaired) electrons. The summed E-state index contributed by atoms with van der Waals surface area (Å²) in [5, 5.41) is 5.58. The number of aryl methyl sites for hydroxylation is 2. The molecule has 1 aliphatic heterocycles. The maximum atomic E-state index is 12.5. The van der Waals surface area contributed by atoms with Gasteiger partial charge in [0.05, 0.1) is 0 Å². The molecular formula is C23H25N3O3. The number of anilines is 2. The number of nitrogens with zero attached hydrogens (tertiary/aromatic N) is 1. The number of hydrogen-bond donors (Lipinski definition) is 2. The Bertz CT molecular complexity index is 937. The summed E-state index contributed by atoms with van der Waals surface area (Å²) in [6, 6.07) is 13.0. The normalized spacial score (nSPS) is 15.6. The van der Waals surface area contributed by atoms with Crippen LogP contribution in [0.15, 0.2) is 42.5 Å². The summed E-state index contributed by atoms with van der Waals surface area (Å²) in [6.45, 7) is 1.27. The zero-order chi connectivity index (χ0) is 20.2. The van der Waals surface area contributed by atoms with Crippen LogP contribution in [0, 0.1) is 0 Å². The highest BCUT2D eigenvalue weighted by molar-refractivity contribution is 6.00. The van der Waals surface area contributed by atoms with Gasteiger partial charge in [0.2, 0.25) is 5.91 Å². The summed E-state index contributed by atoms with van der Waals surface area (Å²) in [5.41, 5.74) is 4.77. The van der Waals surface area contributed by atoms with Crippen molar-refractivity contribution in [2.24, 2.45) is 0 Å². The van der Waals surface area contributed by atoms with Crippen LogP contribution in [0.3, 0.4) is 0 Å². The van der Waals surface area contributed by atoms with Gasteiger partial charge < -0.3 is 10.6 Å². The number of nitrogens with one attached hydrogen (secondary N) is 2. The van der Waals surface area contributed by atoms with Crippen molar-refractivity contribution >= 4 is 29.1 Å². The van der Waals surface area contributed by atoms with Crippen LogP contribution in [-0.2, 0) is 17.6 Å². The van der Waals surface area contributed by atoms with Gasteiger partial charge in [-0.3, -0.25) is 14.5 Å². The molecule has 4 rings (SSSR count). The molecule has 0 aromatic heterocycles. The van der Waals surface area contributed by atoms with E-state index in [1.165, 1.54) is 24.0 Å². The van der Waals surface area contributed by atoms with E-state index >= 15 is 0 Å². The highest BCUT2D eigenvalue weighted by Crippen LogP contribution is 2.23. The number of urea groups is 1. The highest BCUT2D eigenvalue weighted by Gasteiger charge is 2.21. The zero-order valence-corrected chi connectivity index (χ0v) is 16.4. The fourth-order valence-electron chi connectivity index (χ4n) is 3.94. The van der Waals surface area contributed by atoms with E-state index in [0.29, 0.717) is 24.3 Å². The summed E-state index contributed by atoms with van der Waals surface area (Å²) < 4.78 is 0. The second kappa shape index (κ2) is 8.47. The number of benzene rings is 2. The molecule has 0 unspecified atom stereocenters. The smallest absolute Gasteiger partial charge is 0.321 e. The summed E-state index contributed by atoms with van der Waals surface area (Å²) >= 11 is 0. The Balaban J connectivity index is 1.29. The molecule has 6 nitrogen and oxygen atoms in total. The molecular weight excluding hydrogens is 366 g/mol. The predicted octanol–water partition coefficient (Wildman–Crippen LogP) is 3.70. The van der Waals surface area contributed by atoms with Crippen LogP contribution in [-0.4, -0.2) is 30.8 Å². The first-order valence-electron chi connectivity index (χ1n) is 10.2. The van der Waals surface area contributed by atoms with E-state index < -0.39 is 0 Å². The monoisotopic (exact) mass is 391 g/mol. The Morgan fingerprint density at radius 2 is 1.72 bits per heavy atom. The van der Waals surface area contributed by atoms with Gasteiger partial charge in [0, 0.05) is 42.9 Å². The molecule has 0 bridgehead atoms. The molecule has 1 saturated heterocycles. The molecule has 2 aliphatic rings. The van der Waals surface area contributed by atoms with Crippen molar-refractivity contribution in [2.45, 2.75) is 38.5 Å². The van der Waals surface area contributed by atoms with Crippen LogP contribution in [0.4, 0.5) is 16.2 Å². The van der Waals surface area contributed by atoms with Gasteiger partial charge >= 0.3 is 6.03 Å². The third-order valence-electron chi connectivity index (χ3n) is 5.57. The van der Waals surface area contributed by atoms with E-state index in [4.69, 9.17) is 0 Å². The van der Waals surface area contributed by atoms with Gasteiger partial charge in [-0.2, -0.15) is 0 Å². The van der Waals surface area contributed by atoms with Gasteiger partial charge in [0.15, 0.2) is 5.78 Å². The van der Waals surface area contributed by atoms with E-state index in [1.54, 1.807) is 29.2 Å². The zero-order valence-electron chi connectivity index (χ0n) is 16.4. The summed E-state index contributed by atoms with van der Waals surface area (Å²) in [5.74, 6) is -0.188. The molecule has 6 heteroatoms. The van der Waals surface area contributed by atoms with Gasteiger partial charge in [-0.05, 0) is 67.1 Å². The number of carbonyl (C=O) groups excluding carboxylic acids is 3. The average Bonchev–Trinajstić information content (AvgIpc) is 3.18. The summed E-state index contributed by atoms with van der Waals surface area (Å²) in [6.07, 6.45) is 4.85. The summed E-state index contributed by atoms with van der Waals surface area (Å²) in [4.78, 5) is 38.1. The molecule has 29 heavy (non-hydrogen) atoms. The third-order valence-corrected chi connectivity index (χ3v) is 5.57. The highest BCUT2D eigenvalue weighted by atomic mass is 16.2. The van der Waals surface area contributed by atoms with Crippen molar-refractivity contribution < 1.29 is 14.4 Å². The lowest BCUT2D eigenvalue weighted by molar-refractivity contribution is -0.116. The minimum atomic E-state index is -0.192. The Hall–Kier alpha value is -3.15. The van der Waals surface area contributed by atoms with Crippen LogP contribution in [0.1, 0.15) is 47.2 Å². The van der Waals surface area contributed by atoms with Crippen molar-refractivity contribution in [3.05, 3.63) is 59.2 Å². The lowest BCUT2D eigenvalue weighted by atomic mass is 9.89. The molecule has 0 atom stereocenters. The maximum Gasteiger partial charge on any atom is 0.321 e. The van der Waals surface area contributed by atoms with Crippen LogP contribution in [0.2, 0.25) is 0 Å². The number of hydrogen-bond acceptors (Lipinski definition) is 3. The fraction of sp³-hybridized carbons (Fsp3) is 0.348. The minimum Gasteiger partial charge on any atom is -0.336 e. The van der Waals surface area contributed by atoms with Crippen molar-refractivity contribution in [1.29, 1.82) is 0 Å². The minimum absolute atomic E-state index is 0.00363. The van der Waals surface area contributed by atoms with E-state index in [1.807, 2.05) is 12.1 Å². The first-order chi connectivity index (χ1) is 14.1. The Morgan fingerprint density at radius 1 is 0.966 bits per heavy atom. The SMILES string of the molecule is O=C(CCC(=O)c1ccc2c(c1)CCCC2)Nc1ccc(N2CCNC2=O)cc1. The van der Waals surface area contributed by atoms with Gasteiger partial charge in [0.25, 0.3) is 0 Å². The van der Waals surface area contributed by atoms with Crippen LogP contribution in [0.25, 0.3) is 0 Å². The number of amides is 3. The molecule has 0 saturated carbocycles. The molecule has 1 aliphatic carbocycles. The number of rotatable bonds is 6. The second-order valence-corrected chi connectivity index (χ2v) is 7.59. The third kappa shape index (κ3) is 4.47. The van der Waals surface area contributed by atoms with Crippen LogP contribution in [0.5, 0.6) is 0 Å². The number of fused-ring (bicyclic) bond motifs is 1. The number of ketones is 1. The molecule has 0 spiro atoms. The molecule has 3 amide bonds. The average molecular weight is 391 g/mol. The van der Waals surface area contributed by atoms with Crippen molar-refractivity contribution in [1.82, 2.24) is 5.32 Å². The van der Waals surface area contributed by atoms with Crippen LogP contribution < -0.4 is 15.5 Å². The molecule has 1 heterocycles. The predicted molar refractivity (Wildman–Crippen MR) is 112 cm³/mol. The van der Waals surface area contributed by atoms with Crippen molar-refractivity contribution in [3.8, 4) is 0 Å². The summed E-state index contributed by atoms with van der Waals surface area (Å²) in [7, 11) is 0. The molecule has 2 aromatic rings. The van der Waals surface area contributed by atoms with E-state index in [0.717, 1.165) is 18.5 Å². The number of Topliss-reactive ketones (excluding diaryl/α,β-unsaturated/α-hetero) is 1. The second-order valence-electron chi connectivity index (χ2n) is 7.59. The van der Waals surface area contributed by atoms with Gasteiger partial charge in [-0.25, -0.2) is 4.79 Å². The van der Waals surface area contributed by atoms with E-state index in [-0.39, 0.29) is 30.6 Å². The largest absolute Gasteiger partial charge is 0.336 e. The molecule has 150 valence electrons. The van der Waals surface area contributed by atoms with Crippen molar-refractivity contribution in [3.63, 3.8) is 0 Å². The molecule has 2 aromatic carbocycles. The Labute approximate surface area is 170 Å². The number of carbonyl (C=O) groups is 3. The standard InChI is InChI=1S/C23H25N3O3/c27-21(18-6-5-16-3-1-2-4-17(16)15-18)11-12-22(28)25-19-7-9-20(10-8-19)26-14-13-24-23(26)29/h5-10,15H,1-4,11-14H2,(H,24,29)(H,25,28). The lowest BCUT2D eigenvalue weighted by Gasteiger charge is -2.16. The first kappa shape index (κ1) is 19.2. The van der Waals surface area contributed by atoms with Gasteiger partial charge in [-0.1, -0.05) is 12.1 Å². The first-order valence-corrected chi connectivity index (χ1v) is 10.2. The van der Waals surface area contributed by atoms with Crippen molar-refractivity contribution in [2.75, 3.05) is 23.3 Å². The van der Waals surface area contributed by atoms with E-state index in [9.17, 15) is 14.4 Å². The quantitative estimate of drug-likeness (QED) is 0.737. The lowest BCUT2D eigenvalue weighted by Crippen LogP contribution is -2.27. The van der Waals surface area contributed by atoms with E-state index in [2.05, 4.69) is 16.7 Å². The van der Waals surface area contributed by atoms with Gasteiger partial charge in [0.1, 0.15) is 0 Å².